The molecule has 146 valence electrons. The SMILES string of the molecule is CC(C)N1C(=O)c2cccnc2Sc2cc(C(=O)N3CCCC[C@@H]3C)ccc21. The van der Waals surface area contributed by atoms with E-state index >= 15 is 0 Å². The molecule has 1 aromatic carbocycles. The Bertz CT molecular complexity index is 928. The number of piperidine rings is 1. The molecular formula is C22H25N3O2S. The number of hydrogen-bond acceptors (Lipinski definition) is 4. The minimum Gasteiger partial charge on any atom is -0.336 e. The molecule has 3 heterocycles. The van der Waals surface area contributed by atoms with Gasteiger partial charge in [0.05, 0.1) is 11.3 Å². The molecule has 0 aliphatic carbocycles. The van der Waals surface area contributed by atoms with Crippen LogP contribution in [0.2, 0.25) is 0 Å². The average Bonchev–Trinajstić information content (AvgIpc) is 2.81. The molecule has 5 nitrogen and oxygen atoms in total. The average molecular weight is 396 g/mol. The summed E-state index contributed by atoms with van der Waals surface area (Å²) in [4.78, 5) is 35.4. The Morgan fingerprint density at radius 1 is 1.25 bits per heavy atom. The summed E-state index contributed by atoms with van der Waals surface area (Å²) >= 11 is 1.46. The molecule has 2 aliphatic rings. The maximum absolute atomic E-state index is 13.1. The molecule has 4 rings (SSSR count). The monoisotopic (exact) mass is 395 g/mol. The standard InChI is InChI=1S/C22H25N3O2S/c1-14(2)25-18-10-9-16(21(26)24-12-5-4-7-15(24)3)13-19(18)28-20-17(22(25)27)8-6-11-23-20/h6,8-11,13-15H,4-5,7,12H2,1-3H3/t15-/m0/s1. The molecule has 1 fully saturated rings. The summed E-state index contributed by atoms with van der Waals surface area (Å²) in [5.74, 6) is 0.0246. The molecule has 0 N–H and O–H groups in total. The van der Waals surface area contributed by atoms with Crippen molar-refractivity contribution in [3.05, 3.63) is 47.7 Å². The van der Waals surface area contributed by atoms with Crippen molar-refractivity contribution >= 4 is 29.3 Å². The van der Waals surface area contributed by atoms with Gasteiger partial charge >= 0.3 is 0 Å². The van der Waals surface area contributed by atoms with Gasteiger partial charge in [-0.05, 0) is 70.4 Å². The van der Waals surface area contributed by atoms with Crippen LogP contribution in [0.25, 0.3) is 0 Å². The van der Waals surface area contributed by atoms with Gasteiger partial charge in [0.15, 0.2) is 0 Å². The normalized spacial score (nSPS) is 19.3. The third-order valence-electron chi connectivity index (χ3n) is 5.47. The highest BCUT2D eigenvalue weighted by atomic mass is 32.2. The van der Waals surface area contributed by atoms with Gasteiger partial charge in [0.1, 0.15) is 5.03 Å². The number of nitrogens with zero attached hydrogens (tertiary/aromatic N) is 3. The fraction of sp³-hybridized carbons (Fsp3) is 0.409. The molecule has 0 spiro atoms. The fourth-order valence-corrected chi connectivity index (χ4v) is 5.03. The number of anilines is 1. The zero-order valence-electron chi connectivity index (χ0n) is 16.5. The van der Waals surface area contributed by atoms with E-state index in [1.165, 1.54) is 18.2 Å². The number of pyridine rings is 1. The number of amides is 2. The number of rotatable bonds is 2. The topological polar surface area (TPSA) is 53.5 Å². The van der Waals surface area contributed by atoms with Gasteiger partial charge in [0.2, 0.25) is 0 Å². The third kappa shape index (κ3) is 3.30. The number of benzene rings is 1. The second-order valence-corrected chi connectivity index (χ2v) is 8.78. The van der Waals surface area contributed by atoms with Gasteiger partial charge in [0, 0.05) is 35.3 Å². The Labute approximate surface area is 170 Å². The summed E-state index contributed by atoms with van der Waals surface area (Å²) in [6, 6.07) is 9.57. The zero-order valence-corrected chi connectivity index (χ0v) is 17.3. The summed E-state index contributed by atoms with van der Waals surface area (Å²) in [7, 11) is 0. The van der Waals surface area contributed by atoms with Crippen molar-refractivity contribution in [1.29, 1.82) is 0 Å². The molecule has 2 aliphatic heterocycles. The van der Waals surface area contributed by atoms with Gasteiger partial charge in [-0.3, -0.25) is 9.59 Å². The number of hydrogen-bond donors (Lipinski definition) is 0. The highest BCUT2D eigenvalue weighted by molar-refractivity contribution is 7.99. The first-order valence-electron chi connectivity index (χ1n) is 9.89. The maximum Gasteiger partial charge on any atom is 0.261 e. The molecule has 0 unspecified atom stereocenters. The molecule has 0 bridgehead atoms. The van der Waals surface area contributed by atoms with Crippen molar-refractivity contribution in [1.82, 2.24) is 9.88 Å². The lowest BCUT2D eigenvalue weighted by molar-refractivity contribution is 0.0635. The van der Waals surface area contributed by atoms with Crippen molar-refractivity contribution in [3.63, 3.8) is 0 Å². The van der Waals surface area contributed by atoms with Crippen LogP contribution in [0.4, 0.5) is 5.69 Å². The van der Waals surface area contributed by atoms with Crippen LogP contribution in [-0.4, -0.2) is 40.3 Å². The van der Waals surface area contributed by atoms with Gasteiger partial charge in [-0.15, -0.1) is 0 Å². The Balaban J connectivity index is 1.77. The van der Waals surface area contributed by atoms with Gasteiger partial charge < -0.3 is 9.80 Å². The smallest absolute Gasteiger partial charge is 0.261 e. The summed E-state index contributed by atoms with van der Waals surface area (Å²) < 4.78 is 0. The molecule has 1 saturated heterocycles. The predicted octanol–water partition coefficient (Wildman–Crippen LogP) is 4.62. The van der Waals surface area contributed by atoms with Gasteiger partial charge in [-0.2, -0.15) is 0 Å². The summed E-state index contributed by atoms with van der Waals surface area (Å²) in [6.07, 6.45) is 4.99. The number of carbonyl (C=O) groups is 2. The predicted molar refractivity (Wildman–Crippen MR) is 111 cm³/mol. The first-order valence-corrected chi connectivity index (χ1v) is 10.7. The van der Waals surface area contributed by atoms with E-state index in [-0.39, 0.29) is 23.9 Å². The lowest BCUT2D eigenvalue weighted by Gasteiger charge is -2.33. The highest BCUT2D eigenvalue weighted by Crippen LogP contribution is 2.41. The molecule has 2 amide bonds. The second-order valence-electron chi connectivity index (χ2n) is 7.75. The maximum atomic E-state index is 13.1. The first kappa shape index (κ1) is 19.0. The van der Waals surface area contributed by atoms with Gasteiger partial charge in [0.25, 0.3) is 11.8 Å². The van der Waals surface area contributed by atoms with Gasteiger partial charge in [-0.1, -0.05) is 11.8 Å². The molecule has 1 atom stereocenters. The lowest BCUT2D eigenvalue weighted by Crippen LogP contribution is -2.42. The number of likely N-dealkylation sites (tertiary alicyclic amines) is 1. The van der Waals surface area contributed by atoms with Crippen LogP contribution < -0.4 is 4.90 Å². The third-order valence-corrected chi connectivity index (χ3v) is 6.54. The Hall–Kier alpha value is -2.34. The van der Waals surface area contributed by atoms with Crippen molar-refractivity contribution in [2.45, 2.75) is 62.0 Å². The first-order chi connectivity index (χ1) is 13.5. The number of fused-ring (bicyclic) bond motifs is 2. The molecule has 1 aromatic heterocycles. The quantitative estimate of drug-likeness (QED) is 0.745. The van der Waals surface area contributed by atoms with Crippen LogP contribution in [0.1, 0.15) is 60.7 Å². The molecule has 28 heavy (non-hydrogen) atoms. The van der Waals surface area contributed by atoms with Gasteiger partial charge in [-0.25, -0.2) is 4.98 Å². The summed E-state index contributed by atoms with van der Waals surface area (Å²) in [6.45, 7) is 6.93. The Morgan fingerprint density at radius 2 is 2.07 bits per heavy atom. The van der Waals surface area contributed by atoms with E-state index < -0.39 is 0 Å². The van der Waals surface area contributed by atoms with Crippen LogP contribution >= 0.6 is 11.8 Å². The van der Waals surface area contributed by atoms with E-state index in [9.17, 15) is 9.59 Å². The molecule has 6 heteroatoms. The Morgan fingerprint density at radius 3 is 2.82 bits per heavy atom. The van der Waals surface area contributed by atoms with E-state index in [1.54, 1.807) is 17.2 Å². The van der Waals surface area contributed by atoms with Crippen LogP contribution in [0.5, 0.6) is 0 Å². The molecular weight excluding hydrogens is 370 g/mol. The van der Waals surface area contributed by atoms with E-state index in [4.69, 9.17) is 0 Å². The lowest BCUT2D eigenvalue weighted by atomic mass is 10.0. The van der Waals surface area contributed by atoms with Crippen LogP contribution in [0.3, 0.4) is 0 Å². The fourth-order valence-electron chi connectivity index (χ4n) is 3.98. The second kappa shape index (κ2) is 7.59. The highest BCUT2D eigenvalue weighted by Gasteiger charge is 2.31. The van der Waals surface area contributed by atoms with Crippen LogP contribution in [-0.2, 0) is 0 Å². The largest absolute Gasteiger partial charge is 0.336 e. The zero-order chi connectivity index (χ0) is 19.8. The molecule has 0 saturated carbocycles. The van der Waals surface area contributed by atoms with Crippen molar-refractivity contribution in [3.8, 4) is 0 Å². The Kier molecular flexibility index (Phi) is 5.15. The van der Waals surface area contributed by atoms with E-state index in [0.717, 1.165) is 30.0 Å². The van der Waals surface area contributed by atoms with Crippen molar-refractivity contribution in [2.75, 3.05) is 11.4 Å². The van der Waals surface area contributed by atoms with Crippen LogP contribution in [0.15, 0.2) is 46.5 Å². The van der Waals surface area contributed by atoms with Crippen LogP contribution in [0, 0.1) is 0 Å². The molecule has 2 aromatic rings. The number of aromatic nitrogens is 1. The van der Waals surface area contributed by atoms with Crippen molar-refractivity contribution in [2.24, 2.45) is 0 Å². The van der Waals surface area contributed by atoms with E-state index in [2.05, 4.69) is 11.9 Å². The van der Waals surface area contributed by atoms with E-state index in [0.29, 0.717) is 16.2 Å². The summed E-state index contributed by atoms with van der Waals surface area (Å²) in [5, 5.41) is 0.688. The molecule has 0 radical (unpaired) electrons. The van der Waals surface area contributed by atoms with Crippen molar-refractivity contribution < 1.29 is 9.59 Å². The van der Waals surface area contributed by atoms with E-state index in [1.807, 2.05) is 43.0 Å². The summed E-state index contributed by atoms with van der Waals surface area (Å²) in [5.41, 5.74) is 2.12. The minimum absolute atomic E-state index is 0.00155. The minimum atomic E-state index is -0.0481. The number of carbonyl (C=O) groups excluding carboxylic acids is 2.